The second kappa shape index (κ2) is 5.72. The Morgan fingerprint density at radius 1 is 1.35 bits per heavy atom. The van der Waals surface area contributed by atoms with Gasteiger partial charge in [0.2, 0.25) is 5.88 Å². The van der Waals surface area contributed by atoms with Crippen molar-refractivity contribution in [2.45, 2.75) is 31.7 Å². The van der Waals surface area contributed by atoms with E-state index in [1.54, 1.807) is 16.8 Å². The molecule has 0 spiro atoms. The number of aromatic amines is 2. The van der Waals surface area contributed by atoms with E-state index in [2.05, 4.69) is 25.4 Å². The topological polar surface area (TPSA) is 123 Å². The molecule has 0 amide bonds. The van der Waals surface area contributed by atoms with Gasteiger partial charge in [-0.3, -0.25) is 9.98 Å². The van der Waals surface area contributed by atoms with Gasteiger partial charge in [0.15, 0.2) is 11.1 Å². The maximum Gasteiger partial charge on any atom is 0.326 e. The lowest BCUT2D eigenvalue weighted by Gasteiger charge is -2.05. The number of hydrogen-bond acceptors (Lipinski definition) is 6. The molecule has 9 heteroatoms. The van der Waals surface area contributed by atoms with Gasteiger partial charge in [-0.15, -0.1) is 0 Å². The van der Waals surface area contributed by atoms with Gasteiger partial charge in [0.05, 0.1) is 12.2 Å². The lowest BCUT2D eigenvalue weighted by molar-refractivity contribution is 0.454. The average molecular weight is 353 g/mol. The molecule has 2 aliphatic carbocycles. The monoisotopic (exact) mass is 353 g/mol. The Kier molecular flexibility index (Phi) is 3.34. The van der Waals surface area contributed by atoms with E-state index >= 15 is 0 Å². The van der Waals surface area contributed by atoms with Crippen molar-refractivity contribution in [1.82, 2.24) is 24.6 Å². The fourth-order valence-corrected chi connectivity index (χ4v) is 2.86. The summed E-state index contributed by atoms with van der Waals surface area (Å²) in [7, 11) is 0. The Bertz CT molecular complexity index is 1150. The molecular formula is C17H19N7O2. The molecule has 5 rings (SSSR count). The van der Waals surface area contributed by atoms with Crippen molar-refractivity contribution in [3.05, 3.63) is 39.1 Å². The number of nitrogens with one attached hydrogen (secondary N) is 3. The maximum atomic E-state index is 11.3. The van der Waals surface area contributed by atoms with E-state index in [1.807, 2.05) is 6.07 Å². The van der Waals surface area contributed by atoms with Gasteiger partial charge in [0.25, 0.3) is 0 Å². The van der Waals surface area contributed by atoms with Crippen molar-refractivity contribution in [3.63, 3.8) is 0 Å². The van der Waals surface area contributed by atoms with Crippen LogP contribution in [-0.4, -0.2) is 42.3 Å². The highest BCUT2D eigenvalue weighted by Crippen LogP contribution is 2.28. The number of imidazole rings is 1. The first-order chi connectivity index (χ1) is 12.7. The summed E-state index contributed by atoms with van der Waals surface area (Å²) >= 11 is 0. The minimum Gasteiger partial charge on any atom is -0.493 e. The molecule has 4 N–H and O–H groups in total. The van der Waals surface area contributed by atoms with E-state index in [9.17, 15) is 9.90 Å². The number of nitrogens with zero attached hydrogens (tertiary/aromatic N) is 4. The van der Waals surface area contributed by atoms with Crippen LogP contribution in [-0.2, 0) is 0 Å². The highest BCUT2D eigenvalue weighted by Gasteiger charge is 2.22. The van der Waals surface area contributed by atoms with Gasteiger partial charge in [0, 0.05) is 17.8 Å². The normalized spacial score (nSPS) is 18.8. The molecule has 0 saturated heterocycles. The minimum atomic E-state index is -0.464. The molecule has 0 unspecified atom stereocenters. The predicted molar refractivity (Wildman–Crippen MR) is 94.6 cm³/mol. The molecule has 3 aromatic heterocycles. The molecule has 0 atom stereocenters. The van der Waals surface area contributed by atoms with Crippen molar-refractivity contribution in [2.24, 2.45) is 10.9 Å². The zero-order chi connectivity index (χ0) is 17.7. The van der Waals surface area contributed by atoms with Gasteiger partial charge < -0.3 is 15.4 Å². The highest BCUT2D eigenvalue weighted by molar-refractivity contribution is 5.57. The van der Waals surface area contributed by atoms with Crippen LogP contribution < -0.4 is 21.7 Å². The van der Waals surface area contributed by atoms with Crippen LogP contribution in [0.3, 0.4) is 0 Å². The number of anilines is 1. The summed E-state index contributed by atoms with van der Waals surface area (Å²) in [6, 6.07) is 2.29. The van der Waals surface area contributed by atoms with Crippen LogP contribution in [0.2, 0.25) is 0 Å². The molecular weight excluding hydrogens is 334 g/mol. The molecule has 3 heterocycles. The third-order valence-electron chi connectivity index (χ3n) is 4.65. The minimum absolute atomic E-state index is 0.208. The van der Waals surface area contributed by atoms with Crippen LogP contribution in [0, 0.1) is 5.92 Å². The van der Waals surface area contributed by atoms with Gasteiger partial charge in [-0.2, -0.15) is 9.61 Å². The molecule has 3 aromatic rings. The van der Waals surface area contributed by atoms with E-state index in [-0.39, 0.29) is 5.88 Å². The van der Waals surface area contributed by atoms with Crippen LogP contribution in [0.25, 0.3) is 11.7 Å². The largest absolute Gasteiger partial charge is 0.493 e. The Hall–Kier alpha value is -3.10. The average Bonchev–Trinajstić information content (AvgIpc) is 3.52. The van der Waals surface area contributed by atoms with E-state index in [1.165, 1.54) is 12.8 Å². The standard InChI is InChI=1S/C17H19N7O2/c25-16-12(21-17(26)23-16)5-10-8-19-24-14(20-11-3-4-11)6-13(22-15(10)24)18-7-9-1-2-9/h5-6,8-9,11,18,25H,1-4,7H2,(H2,21,23,26). The van der Waals surface area contributed by atoms with Crippen LogP contribution in [0.15, 0.2) is 22.1 Å². The summed E-state index contributed by atoms with van der Waals surface area (Å²) in [6.07, 6.45) is 8.04. The van der Waals surface area contributed by atoms with Crippen molar-refractivity contribution < 1.29 is 5.11 Å². The van der Waals surface area contributed by atoms with E-state index in [0.717, 1.165) is 36.6 Å². The Morgan fingerprint density at radius 2 is 2.19 bits per heavy atom. The van der Waals surface area contributed by atoms with E-state index in [0.29, 0.717) is 22.6 Å². The molecule has 0 aliphatic heterocycles. The van der Waals surface area contributed by atoms with Crippen molar-refractivity contribution in [2.75, 3.05) is 11.9 Å². The molecule has 0 radical (unpaired) electrons. The van der Waals surface area contributed by atoms with Crippen LogP contribution in [0.1, 0.15) is 31.4 Å². The molecule has 0 bridgehead atoms. The zero-order valence-electron chi connectivity index (χ0n) is 14.1. The van der Waals surface area contributed by atoms with Crippen LogP contribution in [0.5, 0.6) is 5.88 Å². The van der Waals surface area contributed by atoms with Gasteiger partial charge >= 0.3 is 5.69 Å². The van der Waals surface area contributed by atoms with Crippen molar-refractivity contribution in [1.29, 1.82) is 0 Å². The summed E-state index contributed by atoms with van der Waals surface area (Å²) < 4.78 is 1.70. The molecule has 0 aromatic carbocycles. The Labute approximate surface area is 147 Å². The second-order valence-electron chi connectivity index (χ2n) is 7.01. The van der Waals surface area contributed by atoms with Gasteiger partial charge in [-0.25, -0.2) is 9.78 Å². The fraction of sp³-hybridized carbons (Fsp3) is 0.412. The summed E-state index contributed by atoms with van der Waals surface area (Å²) in [4.78, 5) is 25.6. The highest BCUT2D eigenvalue weighted by atomic mass is 16.3. The first kappa shape index (κ1) is 15.2. The number of fused-ring (bicyclic) bond motifs is 1. The Balaban J connectivity index is 1.65. The number of H-pyrrole nitrogens is 2. The summed E-state index contributed by atoms with van der Waals surface area (Å²) in [5.74, 6) is 1.29. The summed E-state index contributed by atoms with van der Waals surface area (Å²) in [5, 5.41) is 18.3. The van der Waals surface area contributed by atoms with E-state index < -0.39 is 5.69 Å². The number of aromatic hydroxyl groups is 1. The van der Waals surface area contributed by atoms with Crippen molar-refractivity contribution >= 4 is 17.5 Å². The quantitative estimate of drug-likeness (QED) is 0.509. The lowest BCUT2D eigenvalue weighted by Crippen LogP contribution is -2.21. The third kappa shape index (κ3) is 2.96. The summed E-state index contributed by atoms with van der Waals surface area (Å²) in [6.45, 7) is 0.908. The SMILES string of the molecule is O=c1[nH]c(O)c(C=c2cnn3c(=NC4CC4)cc(NCC4CC4)nc23)[nH]1. The second-order valence-corrected chi connectivity index (χ2v) is 7.01. The first-order valence-corrected chi connectivity index (χ1v) is 8.85. The molecule has 26 heavy (non-hydrogen) atoms. The Morgan fingerprint density at radius 3 is 2.88 bits per heavy atom. The number of aromatic nitrogens is 5. The van der Waals surface area contributed by atoms with Gasteiger partial charge in [0.1, 0.15) is 11.5 Å². The fourth-order valence-electron chi connectivity index (χ4n) is 2.86. The molecule has 134 valence electrons. The lowest BCUT2D eigenvalue weighted by atomic mass is 10.3. The molecule has 2 saturated carbocycles. The van der Waals surface area contributed by atoms with Crippen LogP contribution in [0.4, 0.5) is 5.82 Å². The molecule has 9 nitrogen and oxygen atoms in total. The first-order valence-electron chi connectivity index (χ1n) is 8.85. The van der Waals surface area contributed by atoms with Crippen LogP contribution >= 0.6 is 0 Å². The van der Waals surface area contributed by atoms with Gasteiger partial charge in [-0.1, -0.05) is 0 Å². The smallest absolute Gasteiger partial charge is 0.326 e. The summed E-state index contributed by atoms with van der Waals surface area (Å²) in [5.41, 5.74) is 1.23. The zero-order valence-corrected chi connectivity index (χ0v) is 14.1. The van der Waals surface area contributed by atoms with Crippen molar-refractivity contribution in [3.8, 4) is 5.88 Å². The molecule has 2 fully saturated rings. The number of hydrogen-bond donors (Lipinski definition) is 4. The number of rotatable bonds is 5. The maximum absolute atomic E-state index is 11.3. The van der Waals surface area contributed by atoms with E-state index in [4.69, 9.17) is 4.99 Å². The van der Waals surface area contributed by atoms with Gasteiger partial charge in [-0.05, 0) is 37.7 Å². The molecule has 2 aliphatic rings. The predicted octanol–water partition coefficient (Wildman–Crippen LogP) is -0.116. The third-order valence-corrected chi connectivity index (χ3v) is 4.65.